The maximum absolute atomic E-state index is 12.4. The third-order valence-electron chi connectivity index (χ3n) is 3.39. The van der Waals surface area contributed by atoms with Crippen molar-refractivity contribution in [2.24, 2.45) is 0 Å². The number of benzene rings is 1. The van der Waals surface area contributed by atoms with E-state index in [4.69, 9.17) is 4.42 Å². The molecule has 0 saturated heterocycles. The number of aryl methyl sites for hydroxylation is 2. The van der Waals surface area contributed by atoms with E-state index in [-0.39, 0.29) is 23.5 Å². The van der Waals surface area contributed by atoms with Crippen LogP contribution in [0.25, 0.3) is 0 Å². The second-order valence-corrected chi connectivity index (χ2v) is 4.80. The second-order valence-electron chi connectivity index (χ2n) is 4.80. The van der Waals surface area contributed by atoms with Gasteiger partial charge in [-0.25, -0.2) is 4.98 Å². The predicted molar refractivity (Wildman–Crippen MR) is 74.6 cm³/mol. The molecule has 20 heavy (non-hydrogen) atoms. The first-order valence-electron chi connectivity index (χ1n) is 6.41. The number of aromatic hydroxyl groups is 1. The minimum absolute atomic E-state index is 0.171. The summed E-state index contributed by atoms with van der Waals surface area (Å²) in [6.45, 7) is 5.30. The number of amides is 1. The average Bonchev–Trinajstić information content (AvgIpc) is 2.76. The summed E-state index contributed by atoms with van der Waals surface area (Å²) in [5.41, 5.74) is 1.26. The third kappa shape index (κ3) is 2.52. The van der Waals surface area contributed by atoms with E-state index in [9.17, 15) is 9.90 Å². The lowest BCUT2D eigenvalue weighted by atomic mass is 10.1. The molecule has 106 valence electrons. The van der Waals surface area contributed by atoms with Crippen LogP contribution < -0.4 is 0 Å². The molecule has 2 rings (SSSR count). The highest BCUT2D eigenvalue weighted by Crippen LogP contribution is 2.28. The van der Waals surface area contributed by atoms with E-state index in [2.05, 4.69) is 4.98 Å². The Balaban J connectivity index is 2.27. The van der Waals surface area contributed by atoms with Crippen molar-refractivity contribution in [3.05, 3.63) is 47.2 Å². The van der Waals surface area contributed by atoms with Crippen molar-refractivity contribution in [1.82, 2.24) is 9.88 Å². The van der Waals surface area contributed by atoms with Crippen LogP contribution in [0.2, 0.25) is 0 Å². The number of rotatable bonds is 3. The molecule has 1 aromatic heterocycles. The van der Waals surface area contributed by atoms with E-state index in [1.54, 1.807) is 39.1 Å². The van der Waals surface area contributed by atoms with Gasteiger partial charge in [0.25, 0.3) is 5.91 Å². The zero-order chi connectivity index (χ0) is 14.9. The Morgan fingerprint density at radius 1 is 1.35 bits per heavy atom. The number of carbonyl (C=O) groups is 1. The fourth-order valence-corrected chi connectivity index (χ4v) is 2.12. The standard InChI is InChI=1S/C15H18N2O3/c1-9-14(20-11(3)16-9)15(19)17(4)10(2)12-7-5-6-8-13(12)18/h5-8,10,18H,1-4H3. The average molecular weight is 274 g/mol. The van der Waals surface area contributed by atoms with Crippen LogP contribution in [0.1, 0.15) is 40.7 Å². The molecule has 0 bridgehead atoms. The Kier molecular flexibility index (Phi) is 3.79. The zero-order valence-corrected chi connectivity index (χ0v) is 12.0. The molecular formula is C15H18N2O3. The van der Waals surface area contributed by atoms with Crippen LogP contribution in [0.15, 0.2) is 28.7 Å². The summed E-state index contributed by atoms with van der Waals surface area (Å²) in [6, 6.07) is 6.70. The van der Waals surface area contributed by atoms with Crippen molar-refractivity contribution < 1.29 is 14.3 Å². The molecule has 2 aromatic rings. The van der Waals surface area contributed by atoms with Gasteiger partial charge in [0.15, 0.2) is 5.89 Å². The van der Waals surface area contributed by atoms with Crippen LogP contribution in [-0.2, 0) is 0 Å². The summed E-state index contributed by atoms with van der Waals surface area (Å²) >= 11 is 0. The molecule has 0 radical (unpaired) electrons. The fourth-order valence-electron chi connectivity index (χ4n) is 2.12. The predicted octanol–water partition coefficient (Wildman–Crippen LogP) is 2.83. The minimum Gasteiger partial charge on any atom is -0.508 e. The lowest BCUT2D eigenvalue weighted by molar-refractivity contribution is 0.0706. The monoisotopic (exact) mass is 274 g/mol. The Morgan fingerprint density at radius 3 is 2.55 bits per heavy atom. The molecule has 1 aromatic carbocycles. The molecule has 0 aliphatic carbocycles. The highest BCUT2D eigenvalue weighted by Gasteiger charge is 2.25. The summed E-state index contributed by atoms with van der Waals surface area (Å²) in [6.07, 6.45) is 0. The highest BCUT2D eigenvalue weighted by atomic mass is 16.4. The molecular weight excluding hydrogens is 256 g/mol. The Labute approximate surface area is 117 Å². The van der Waals surface area contributed by atoms with Crippen LogP contribution >= 0.6 is 0 Å². The maximum atomic E-state index is 12.4. The fraction of sp³-hybridized carbons (Fsp3) is 0.333. The normalized spacial score (nSPS) is 12.2. The molecule has 5 heteroatoms. The van der Waals surface area contributed by atoms with Crippen LogP contribution in [0, 0.1) is 13.8 Å². The van der Waals surface area contributed by atoms with Crippen LogP contribution in [0.5, 0.6) is 5.75 Å². The summed E-state index contributed by atoms with van der Waals surface area (Å²) < 4.78 is 5.35. The van der Waals surface area contributed by atoms with Gasteiger partial charge >= 0.3 is 0 Å². The Morgan fingerprint density at radius 2 is 2.00 bits per heavy atom. The van der Waals surface area contributed by atoms with E-state index in [0.29, 0.717) is 17.1 Å². The van der Waals surface area contributed by atoms with E-state index < -0.39 is 0 Å². The van der Waals surface area contributed by atoms with Crippen LogP contribution in [-0.4, -0.2) is 27.9 Å². The summed E-state index contributed by atoms with van der Waals surface area (Å²) in [7, 11) is 1.68. The van der Waals surface area contributed by atoms with Crippen molar-refractivity contribution in [3.63, 3.8) is 0 Å². The van der Waals surface area contributed by atoms with E-state index >= 15 is 0 Å². The molecule has 0 aliphatic rings. The van der Waals surface area contributed by atoms with Gasteiger partial charge in [0.2, 0.25) is 5.76 Å². The molecule has 1 N–H and O–H groups in total. The van der Waals surface area contributed by atoms with Crippen LogP contribution in [0.4, 0.5) is 0 Å². The molecule has 1 heterocycles. The summed E-state index contributed by atoms with van der Waals surface area (Å²) in [4.78, 5) is 18.0. The lowest BCUT2D eigenvalue weighted by Gasteiger charge is -2.25. The van der Waals surface area contributed by atoms with Gasteiger partial charge < -0.3 is 14.4 Å². The topological polar surface area (TPSA) is 66.6 Å². The first kappa shape index (κ1) is 14.1. The largest absolute Gasteiger partial charge is 0.508 e. The van der Waals surface area contributed by atoms with E-state index in [1.165, 1.54) is 4.90 Å². The van der Waals surface area contributed by atoms with E-state index in [1.807, 2.05) is 13.0 Å². The van der Waals surface area contributed by atoms with Gasteiger partial charge in [-0.05, 0) is 19.9 Å². The van der Waals surface area contributed by atoms with Gasteiger partial charge in [-0.1, -0.05) is 18.2 Å². The number of phenols is 1. The highest BCUT2D eigenvalue weighted by molar-refractivity contribution is 5.92. The molecule has 5 nitrogen and oxygen atoms in total. The van der Waals surface area contributed by atoms with Crippen molar-refractivity contribution in [1.29, 1.82) is 0 Å². The number of nitrogens with zero attached hydrogens (tertiary/aromatic N) is 2. The Hall–Kier alpha value is -2.30. The minimum atomic E-state index is -0.270. The molecule has 0 saturated carbocycles. The zero-order valence-electron chi connectivity index (χ0n) is 12.0. The number of para-hydroxylation sites is 1. The van der Waals surface area contributed by atoms with Gasteiger partial charge in [-0.2, -0.15) is 0 Å². The van der Waals surface area contributed by atoms with Crippen molar-refractivity contribution in [2.45, 2.75) is 26.8 Å². The molecule has 1 atom stereocenters. The first-order chi connectivity index (χ1) is 9.41. The number of carbonyl (C=O) groups excluding carboxylic acids is 1. The molecule has 1 amide bonds. The molecule has 0 spiro atoms. The molecule has 1 unspecified atom stereocenters. The van der Waals surface area contributed by atoms with Crippen LogP contribution in [0.3, 0.4) is 0 Å². The molecule has 0 fully saturated rings. The van der Waals surface area contributed by atoms with Crippen molar-refractivity contribution in [3.8, 4) is 5.75 Å². The molecule has 0 aliphatic heterocycles. The number of aromatic nitrogens is 1. The van der Waals surface area contributed by atoms with Crippen molar-refractivity contribution >= 4 is 5.91 Å². The van der Waals surface area contributed by atoms with Gasteiger partial charge in [-0.15, -0.1) is 0 Å². The first-order valence-corrected chi connectivity index (χ1v) is 6.41. The quantitative estimate of drug-likeness (QED) is 0.934. The number of hydrogen-bond donors (Lipinski definition) is 1. The van der Waals surface area contributed by atoms with Gasteiger partial charge in [0, 0.05) is 19.5 Å². The number of phenolic OH excluding ortho intramolecular Hbond substituents is 1. The maximum Gasteiger partial charge on any atom is 0.291 e. The Bertz CT molecular complexity index is 634. The summed E-state index contributed by atoms with van der Waals surface area (Å²) in [5, 5.41) is 9.87. The number of hydrogen-bond acceptors (Lipinski definition) is 4. The van der Waals surface area contributed by atoms with E-state index in [0.717, 1.165) is 0 Å². The smallest absolute Gasteiger partial charge is 0.291 e. The summed E-state index contributed by atoms with van der Waals surface area (Å²) in [5.74, 6) is 0.630. The van der Waals surface area contributed by atoms with Gasteiger partial charge in [-0.3, -0.25) is 4.79 Å². The number of oxazole rings is 1. The van der Waals surface area contributed by atoms with Gasteiger partial charge in [0.05, 0.1) is 11.7 Å². The lowest BCUT2D eigenvalue weighted by Crippen LogP contribution is -2.29. The van der Waals surface area contributed by atoms with Gasteiger partial charge in [0.1, 0.15) is 5.75 Å². The SMILES string of the molecule is Cc1nc(C)c(C(=O)N(C)C(C)c2ccccc2O)o1. The third-order valence-corrected chi connectivity index (χ3v) is 3.39. The van der Waals surface area contributed by atoms with Crippen molar-refractivity contribution in [2.75, 3.05) is 7.05 Å². The second kappa shape index (κ2) is 5.36.